The van der Waals surface area contributed by atoms with Crippen LogP contribution in [0, 0.1) is 17.5 Å². The number of hydrogen-bond donors (Lipinski definition) is 0. The zero-order chi connectivity index (χ0) is 13.1. The van der Waals surface area contributed by atoms with Crippen LogP contribution >= 0.6 is 11.8 Å². The highest BCUT2D eigenvalue weighted by Gasteiger charge is 2.10. The summed E-state index contributed by atoms with van der Waals surface area (Å²) in [4.78, 5) is 11.5. The number of benzene rings is 2. The summed E-state index contributed by atoms with van der Waals surface area (Å²) < 4.78 is 39.1. The Bertz CT molecular complexity index is 599. The molecule has 0 aliphatic carbocycles. The van der Waals surface area contributed by atoms with E-state index in [-0.39, 0.29) is 5.56 Å². The molecule has 18 heavy (non-hydrogen) atoms. The Morgan fingerprint density at radius 2 is 1.72 bits per heavy atom. The fourth-order valence-corrected chi connectivity index (χ4v) is 2.34. The molecule has 0 N–H and O–H groups in total. The van der Waals surface area contributed by atoms with Crippen molar-refractivity contribution in [2.24, 2.45) is 0 Å². The number of halogens is 3. The van der Waals surface area contributed by atoms with Crippen LogP contribution in [0.25, 0.3) is 0 Å². The average Bonchev–Trinajstić information content (AvgIpc) is 2.34. The molecule has 0 saturated heterocycles. The number of aldehydes is 1. The Kier molecular flexibility index (Phi) is 3.72. The lowest BCUT2D eigenvalue weighted by atomic mass is 10.2. The molecule has 2 rings (SSSR count). The minimum absolute atomic E-state index is 0.0905. The summed E-state index contributed by atoms with van der Waals surface area (Å²) in [6.45, 7) is 0. The summed E-state index contributed by atoms with van der Waals surface area (Å²) in [5.74, 6) is -2.57. The van der Waals surface area contributed by atoms with Gasteiger partial charge in [-0.3, -0.25) is 4.79 Å². The predicted octanol–water partition coefficient (Wildman–Crippen LogP) is 4.07. The average molecular weight is 268 g/mol. The fourth-order valence-electron chi connectivity index (χ4n) is 1.39. The van der Waals surface area contributed by atoms with Crippen LogP contribution in [-0.4, -0.2) is 6.29 Å². The largest absolute Gasteiger partial charge is 0.298 e. The van der Waals surface area contributed by atoms with Crippen LogP contribution in [0.4, 0.5) is 13.2 Å². The van der Waals surface area contributed by atoms with Crippen molar-refractivity contribution in [2.75, 3.05) is 0 Å². The van der Waals surface area contributed by atoms with Crippen LogP contribution in [0.3, 0.4) is 0 Å². The van der Waals surface area contributed by atoms with E-state index in [0.29, 0.717) is 16.1 Å². The summed E-state index contributed by atoms with van der Waals surface area (Å²) in [6, 6.07) is 7.50. The molecule has 0 spiro atoms. The van der Waals surface area contributed by atoms with Gasteiger partial charge in [0.25, 0.3) is 0 Å². The van der Waals surface area contributed by atoms with Gasteiger partial charge in [-0.05, 0) is 30.3 Å². The topological polar surface area (TPSA) is 17.1 Å². The van der Waals surface area contributed by atoms with Crippen molar-refractivity contribution in [2.45, 2.75) is 9.79 Å². The molecule has 92 valence electrons. The molecule has 0 atom stereocenters. The van der Waals surface area contributed by atoms with E-state index in [1.54, 1.807) is 6.07 Å². The molecule has 1 nitrogen and oxygen atoms in total. The summed E-state index contributed by atoms with van der Waals surface area (Å²) >= 11 is 0.998. The lowest BCUT2D eigenvalue weighted by molar-refractivity contribution is 0.111. The Balaban J connectivity index is 2.36. The SMILES string of the molecule is O=Cc1c(F)cccc1Sc1ccc(F)c(F)c1. The maximum atomic E-state index is 13.3. The molecule has 0 aromatic heterocycles. The smallest absolute Gasteiger partial charge is 0.159 e. The molecule has 2 aromatic rings. The molecule has 0 heterocycles. The predicted molar refractivity (Wildman–Crippen MR) is 62.3 cm³/mol. The maximum absolute atomic E-state index is 13.3. The number of hydrogen-bond acceptors (Lipinski definition) is 2. The summed E-state index contributed by atoms with van der Waals surface area (Å²) in [6.07, 6.45) is 0.400. The highest BCUT2D eigenvalue weighted by molar-refractivity contribution is 7.99. The van der Waals surface area contributed by atoms with Gasteiger partial charge in [-0.2, -0.15) is 0 Å². The third-order valence-electron chi connectivity index (χ3n) is 2.25. The lowest BCUT2D eigenvalue weighted by Crippen LogP contribution is -1.91. The van der Waals surface area contributed by atoms with Crippen molar-refractivity contribution in [1.29, 1.82) is 0 Å². The van der Waals surface area contributed by atoms with Crippen LogP contribution in [0.5, 0.6) is 0 Å². The molecule has 0 amide bonds. The highest BCUT2D eigenvalue weighted by atomic mass is 32.2. The Morgan fingerprint density at radius 1 is 0.944 bits per heavy atom. The van der Waals surface area contributed by atoms with Gasteiger partial charge in [0, 0.05) is 9.79 Å². The second kappa shape index (κ2) is 5.27. The van der Waals surface area contributed by atoms with E-state index in [0.717, 1.165) is 23.9 Å². The van der Waals surface area contributed by atoms with Crippen molar-refractivity contribution >= 4 is 18.0 Å². The van der Waals surface area contributed by atoms with E-state index < -0.39 is 17.5 Å². The van der Waals surface area contributed by atoms with E-state index in [4.69, 9.17) is 0 Å². The number of carbonyl (C=O) groups is 1. The summed E-state index contributed by atoms with van der Waals surface area (Å²) in [7, 11) is 0. The third-order valence-corrected chi connectivity index (χ3v) is 3.32. The van der Waals surface area contributed by atoms with Gasteiger partial charge in [-0.15, -0.1) is 0 Å². The van der Waals surface area contributed by atoms with Gasteiger partial charge in [-0.1, -0.05) is 17.8 Å². The first-order chi connectivity index (χ1) is 8.61. The lowest BCUT2D eigenvalue weighted by Gasteiger charge is -2.05. The molecular weight excluding hydrogens is 261 g/mol. The molecule has 0 unspecified atom stereocenters. The van der Waals surface area contributed by atoms with Gasteiger partial charge in [0.2, 0.25) is 0 Å². The highest BCUT2D eigenvalue weighted by Crippen LogP contribution is 2.31. The number of rotatable bonds is 3. The second-order valence-corrected chi connectivity index (χ2v) is 4.56. The quantitative estimate of drug-likeness (QED) is 0.781. The van der Waals surface area contributed by atoms with E-state index in [1.807, 2.05) is 0 Å². The zero-order valence-corrected chi connectivity index (χ0v) is 9.81. The van der Waals surface area contributed by atoms with Crippen LogP contribution in [0.2, 0.25) is 0 Å². The normalized spacial score (nSPS) is 10.4. The molecule has 0 radical (unpaired) electrons. The van der Waals surface area contributed by atoms with Gasteiger partial charge >= 0.3 is 0 Å². The molecule has 0 aliphatic heterocycles. The monoisotopic (exact) mass is 268 g/mol. The van der Waals surface area contributed by atoms with Crippen molar-refractivity contribution in [3.05, 3.63) is 59.4 Å². The third kappa shape index (κ3) is 2.56. The second-order valence-electron chi connectivity index (χ2n) is 3.45. The molecule has 5 heteroatoms. The molecule has 0 saturated carbocycles. The van der Waals surface area contributed by atoms with Crippen LogP contribution < -0.4 is 0 Å². The minimum atomic E-state index is -0.982. The first-order valence-electron chi connectivity index (χ1n) is 4.98. The molecule has 2 aromatic carbocycles. The zero-order valence-electron chi connectivity index (χ0n) is 8.99. The summed E-state index contributed by atoms with van der Waals surface area (Å²) in [5, 5.41) is 0. The van der Waals surface area contributed by atoms with Crippen LogP contribution in [0.15, 0.2) is 46.2 Å². The van der Waals surface area contributed by atoms with Crippen molar-refractivity contribution in [3.8, 4) is 0 Å². The minimum Gasteiger partial charge on any atom is -0.298 e. The van der Waals surface area contributed by atoms with Crippen molar-refractivity contribution < 1.29 is 18.0 Å². The molecular formula is C13H7F3OS. The standard InChI is InChI=1S/C13H7F3OS/c14-10-2-1-3-13(9(10)7-17)18-8-4-5-11(15)12(16)6-8/h1-7H. The van der Waals surface area contributed by atoms with Crippen molar-refractivity contribution in [3.63, 3.8) is 0 Å². The summed E-state index contributed by atoms with van der Waals surface area (Å²) in [5.41, 5.74) is -0.0905. The maximum Gasteiger partial charge on any atom is 0.159 e. The van der Waals surface area contributed by atoms with E-state index in [9.17, 15) is 18.0 Å². The van der Waals surface area contributed by atoms with Gasteiger partial charge in [0.15, 0.2) is 17.9 Å². The van der Waals surface area contributed by atoms with Gasteiger partial charge in [-0.25, -0.2) is 13.2 Å². The Labute approximate surface area is 106 Å². The number of carbonyl (C=O) groups excluding carboxylic acids is 1. The molecule has 0 bridgehead atoms. The first-order valence-corrected chi connectivity index (χ1v) is 5.80. The van der Waals surface area contributed by atoms with Crippen molar-refractivity contribution in [1.82, 2.24) is 0 Å². The van der Waals surface area contributed by atoms with Crippen LogP contribution in [0.1, 0.15) is 10.4 Å². The van der Waals surface area contributed by atoms with E-state index in [1.165, 1.54) is 18.2 Å². The molecule has 0 fully saturated rings. The first kappa shape index (κ1) is 12.7. The fraction of sp³-hybridized carbons (Fsp3) is 0. The Morgan fingerprint density at radius 3 is 2.39 bits per heavy atom. The van der Waals surface area contributed by atoms with Gasteiger partial charge in [0.1, 0.15) is 5.82 Å². The van der Waals surface area contributed by atoms with Crippen LogP contribution in [-0.2, 0) is 0 Å². The Hall–Kier alpha value is -1.75. The van der Waals surface area contributed by atoms with E-state index in [2.05, 4.69) is 0 Å². The molecule has 0 aliphatic rings. The van der Waals surface area contributed by atoms with Gasteiger partial charge < -0.3 is 0 Å². The van der Waals surface area contributed by atoms with Gasteiger partial charge in [0.05, 0.1) is 5.56 Å². The van der Waals surface area contributed by atoms with E-state index >= 15 is 0 Å².